The minimum absolute atomic E-state index is 0.115. The summed E-state index contributed by atoms with van der Waals surface area (Å²) < 4.78 is 14.2. The van der Waals surface area contributed by atoms with Crippen LogP contribution >= 0.6 is 0 Å². The van der Waals surface area contributed by atoms with Crippen LogP contribution in [0.5, 0.6) is 0 Å². The number of halogens is 1. The Hall–Kier alpha value is -0.930. The maximum absolute atomic E-state index is 14.2. The van der Waals surface area contributed by atoms with Gasteiger partial charge in [0.2, 0.25) is 0 Å². The molecule has 1 aromatic carbocycles. The third kappa shape index (κ3) is 3.58. The molecule has 0 fully saturated rings. The van der Waals surface area contributed by atoms with Crippen molar-refractivity contribution in [3.63, 3.8) is 0 Å². The summed E-state index contributed by atoms with van der Waals surface area (Å²) in [6.45, 7) is 10.5. The fourth-order valence-corrected chi connectivity index (χ4v) is 2.95. The molecule has 2 unspecified atom stereocenters. The number of hydrogen-bond acceptors (Lipinski definition) is 2. The van der Waals surface area contributed by atoms with Crippen LogP contribution in [0, 0.1) is 5.82 Å². The molecule has 0 aliphatic carbocycles. The number of rotatable bonds is 8. The fraction of sp³-hybridized carbons (Fsp3) is 0.647. The van der Waals surface area contributed by atoms with Gasteiger partial charge in [-0.05, 0) is 45.3 Å². The number of nitrogens with two attached hydrogens (primary N) is 1. The Morgan fingerprint density at radius 3 is 2.15 bits per heavy atom. The Labute approximate surface area is 123 Å². The Morgan fingerprint density at radius 2 is 1.70 bits per heavy atom. The first kappa shape index (κ1) is 17.1. The average Bonchev–Trinajstić information content (AvgIpc) is 2.46. The van der Waals surface area contributed by atoms with E-state index >= 15 is 0 Å². The summed E-state index contributed by atoms with van der Waals surface area (Å²) in [4.78, 5) is 2.38. The van der Waals surface area contributed by atoms with Crippen LogP contribution in [0.15, 0.2) is 24.3 Å². The summed E-state index contributed by atoms with van der Waals surface area (Å²) in [6, 6.07) is 7.03. The third-order valence-electron chi connectivity index (χ3n) is 4.28. The van der Waals surface area contributed by atoms with Gasteiger partial charge in [-0.1, -0.05) is 39.0 Å². The fourth-order valence-electron chi connectivity index (χ4n) is 2.95. The van der Waals surface area contributed by atoms with E-state index in [0.717, 1.165) is 32.4 Å². The van der Waals surface area contributed by atoms with Gasteiger partial charge in [0.05, 0.1) is 5.54 Å². The van der Waals surface area contributed by atoms with Crippen molar-refractivity contribution in [1.82, 2.24) is 4.90 Å². The van der Waals surface area contributed by atoms with Gasteiger partial charge in [-0.2, -0.15) is 0 Å². The quantitative estimate of drug-likeness (QED) is 0.782. The zero-order chi connectivity index (χ0) is 15.2. The molecule has 0 aliphatic rings. The highest BCUT2D eigenvalue weighted by Crippen LogP contribution is 2.31. The minimum Gasteiger partial charge on any atom is -0.320 e. The molecule has 0 spiro atoms. The Kier molecular flexibility index (Phi) is 6.63. The van der Waals surface area contributed by atoms with E-state index in [1.54, 1.807) is 6.07 Å². The van der Waals surface area contributed by atoms with Gasteiger partial charge in [-0.3, -0.25) is 4.90 Å². The molecule has 0 bridgehead atoms. The van der Waals surface area contributed by atoms with E-state index in [-0.39, 0.29) is 11.9 Å². The first-order valence-electron chi connectivity index (χ1n) is 7.79. The molecule has 0 aliphatic heterocycles. The molecule has 2 N–H and O–H groups in total. The van der Waals surface area contributed by atoms with Crippen LogP contribution in [0.1, 0.15) is 52.5 Å². The van der Waals surface area contributed by atoms with Crippen LogP contribution in [0.25, 0.3) is 0 Å². The van der Waals surface area contributed by atoms with Crippen LogP contribution in [-0.4, -0.2) is 24.0 Å². The van der Waals surface area contributed by atoms with Crippen LogP contribution < -0.4 is 5.73 Å². The summed E-state index contributed by atoms with van der Waals surface area (Å²) in [7, 11) is 0. The topological polar surface area (TPSA) is 29.3 Å². The van der Waals surface area contributed by atoms with Crippen LogP contribution in [0.2, 0.25) is 0 Å². The van der Waals surface area contributed by atoms with E-state index in [0.29, 0.717) is 5.56 Å². The van der Waals surface area contributed by atoms with Crippen LogP contribution in [0.4, 0.5) is 4.39 Å². The lowest BCUT2D eigenvalue weighted by Gasteiger charge is -2.42. The van der Waals surface area contributed by atoms with E-state index in [2.05, 4.69) is 25.7 Å². The van der Waals surface area contributed by atoms with Crippen molar-refractivity contribution in [1.29, 1.82) is 0 Å². The number of hydrogen-bond donors (Lipinski definition) is 1. The lowest BCUT2D eigenvalue weighted by molar-refractivity contribution is 0.124. The van der Waals surface area contributed by atoms with Gasteiger partial charge in [0, 0.05) is 11.6 Å². The van der Waals surface area contributed by atoms with Crippen LogP contribution in [-0.2, 0) is 5.54 Å². The molecule has 0 saturated carbocycles. The molecule has 0 radical (unpaired) electrons. The predicted octanol–water partition coefficient (Wildman–Crippen LogP) is 3.90. The van der Waals surface area contributed by atoms with Crippen molar-refractivity contribution < 1.29 is 4.39 Å². The monoisotopic (exact) mass is 280 g/mol. The van der Waals surface area contributed by atoms with Crippen molar-refractivity contribution >= 4 is 0 Å². The lowest BCUT2D eigenvalue weighted by Crippen LogP contribution is -2.55. The highest BCUT2D eigenvalue weighted by Gasteiger charge is 2.37. The first-order chi connectivity index (χ1) is 9.51. The molecular formula is C17H29FN2. The SMILES string of the molecule is CCCN(CCC)C(C)C(N)(CC)c1ccccc1F. The Morgan fingerprint density at radius 1 is 1.15 bits per heavy atom. The van der Waals surface area contributed by atoms with E-state index in [9.17, 15) is 4.39 Å². The molecule has 0 saturated heterocycles. The molecule has 0 amide bonds. The molecule has 0 heterocycles. The number of nitrogens with zero attached hydrogens (tertiary/aromatic N) is 1. The highest BCUT2D eigenvalue weighted by molar-refractivity contribution is 5.27. The van der Waals surface area contributed by atoms with Crippen molar-refractivity contribution in [2.75, 3.05) is 13.1 Å². The summed E-state index contributed by atoms with van der Waals surface area (Å²) in [5.41, 5.74) is 6.63. The summed E-state index contributed by atoms with van der Waals surface area (Å²) >= 11 is 0. The molecule has 20 heavy (non-hydrogen) atoms. The molecule has 1 aromatic rings. The van der Waals surface area contributed by atoms with Gasteiger partial charge < -0.3 is 5.73 Å². The standard InChI is InChI=1S/C17H29FN2/c1-5-12-20(13-6-2)14(4)17(19,7-3)15-10-8-9-11-16(15)18/h8-11,14H,5-7,12-13,19H2,1-4H3. The molecule has 1 rings (SSSR count). The molecule has 0 aromatic heterocycles. The average molecular weight is 280 g/mol. The second-order valence-corrected chi connectivity index (χ2v) is 5.59. The predicted molar refractivity (Wildman–Crippen MR) is 84.2 cm³/mol. The maximum Gasteiger partial charge on any atom is 0.128 e. The van der Waals surface area contributed by atoms with Gasteiger partial charge in [-0.15, -0.1) is 0 Å². The lowest BCUT2D eigenvalue weighted by atomic mass is 9.80. The molecule has 2 nitrogen and oxygen atoms in total. The van der Waals surface area contributed by atoms with E-state index in [4.69, 9.17) is 5.73 Å². The van der Waals surface area contributed by atoms with Gasteiger partial charge in [0.1, 0.15) is 5.82 Å². The summed E-state index contributed by atoms with van der Waals surface area (Å²) in [5, 5.41) is 0. The zero-order valence-electron chi connectivity index (χ0n) is 13.3. The van der Waals surface area contributed by atoms with Crippen molar-refractivity contribution in [2.45, 2.75) is 58.5 Å². The number of benzene rings is 1. The Bertz CT molecular complexity index is 402. The van der Waals surface area contributed by atoms with Gasteiger partial charge in [0.25, 0.3) is 0 Å². The third-order valence-corrected chi connectivity index (χ3v) is 4.28. The maximum atomic E-state index is 14.2. The van der Waals surface area contributed by atoms with Gasteiger partial charge in [-0.25, -0.2) is 4.39 Å². The minimum atomic E-state index is -0.643. The second-order valence-electron chi connectivity index (χ2n) is 5.59. The van der Waals surface area contributed by atoms with Crippen molar-refractivity contribution in [2.24, 2.45) is 5.73 Å². The molecule has 2 atom stereocenters. The molecule has 3 heteroatoms. The van der Waals surface area contributed by atoms with E-state index in [1.165, 1.54) is 6.07 Å². The van der Waals surface area contributed by atoms with Gasteiger partial charge >= 0.3 is 0 Å². The second kappa shape index (κ2) is 7.75. The largest absolute Gasteiger partial charge is 0.320 e. The summed E-state index contributed by atoms with van der Waals surface area (Å²) in [6.07, 6.45) is 2.89. The summed E-state index contributed by atoms with van der Waals surface area (Å²) in [5.74, 6) is -0.198. The normalized spacial score (nSPS) is 16.1. The first-order valence-corrected chi connectivity index (χ1v) is 7.79. The smallest absolute Gasteiger partial charge is 0.128 e. The highest BCUT2D eigenvalue weighted by atomic mass is 19.1. The van der Waals surface area contributed by atoms with Crippen LogP contribution in [0.3, 0.4) is 0 Å². The zero-order valence-corrected chi connectivity index (χ0v) is 13.3. The van der Waals surface area contributed by atoms with Gasteiger partial charge in [0.15, 0.2) is 0 Å². The van der Waals surface area contributed by atoms with E-state index < -0.39 is 5.54 Å². The van der Waals surface area contributed by atoms with Crippen molar-refractivity contribution in [3.05, 3.63) is 35.6 Å². The molecule has 114 valence electrons. The van der Waals surface area contributed by atoms with E-state index in [1.807, 2.05) is 19.1 Å². The van der Waals surface area contributed by atoms with Crippen molar-refractivity contribution in [3.8, 4) is 0 Å². The Balaban J connectivity index is 3.11. The molecular weight excluding hydrogens is 251 g/mol.